The molecule has 108 heavy (non-hydrogen) atoms. The molecule has 18 aromatic rings. The van der Waals surface area contributed by atoms with Gasteiger partial charge in [-0.25, -0.2) is 5.92 Å². The summed E-state index contributed by atoms with van der Waals surface area (Å²) >= 11 is 21.1. The number of hydrogen-bond donors (Lipinski definition) is 2. The highest BCUT2D eigenvalue weighted by molar-refractivity contribution is 9.10. The number of furan rings is 3. The van der Waals surface area contributed by atoms with Crippen LogP contribution in [0, 0.1) is 79.0 Å². The number of benzene rings is 12. The van der Waals surface area contributed by atoms with E-state index in [0.717, 1.165) is 91.6 Å². The average Bonchev–Trinajstić information content (AvgIpc) is 1.59. The molecular weight excluding hydrogens is 1500 g/mol. The summed E-state index contributed by atoms with van der Waals surface area (Å²) in [4.78, 5) is 0. The molecule has 1 saturated heterocycles. The van der Waals surface area contributed by atoms with Crippen molar-refractivity contribution in [1.29, 1.82) is 0 Å². The summed E-state index contributed by atoms with van der Waals surface area (Å²) in [7, 11) is -1.85. The van der Waals surface area contributed by atoms with Crippen molar-refractivity contribution in [3.63, 3.8) is 0 Å². The summed E-state index contributed by atoms with van der Waals surface area (Å²) in [6.45, 7) is 13.2. The molecule has 6 aromatic heterocycles. The van der Waals surface area contributed by atoms with Crippen molar-refractivity contribution in [2.45, 2.75) is 53.2 Å². The Balaban J connectivity index is 0.000000125. The fraction of sp³-hybridized carbons (Fsp3) is 0.0860. The number of thiophene rings is 3. The molecule has 7 heterocycles. The highest BCUT2D eigenvalue weighted by atomic mass is 79.9. The molecule has 2 N–H and O–H groups in total. The first kappa shape index (κ1) is 75.2. The maximum Gasteiger partial charge on any atom is 0.498 e. The van der Waals surface area contributed by atoms with E-state index in [9.17, 15) is 0 Å². The highest BCUT2D eigenvalue weighted by Gasteiger charge is 2.52. The van der Waals surface area contributed by atoms with E-state index in [1.807, 2.05) is 102 Å². The molecule has 7 nitrogen and oxygen atoms in total. The normalized spacial score (nSPS) is 12.2. The van der Waals surface area contributed by atoms with Crippen LogP contribution in [0.3, 0.4) is 0 Å². The lowest BCUT2D eigenvalue weighted by molar-refractivity contribution is 0.00578. The minimum Gasteiger partial charge on any atom is -0.456 e. The number of halogens is 3. The van der Waals surface area contributed by atoms with Gasteiger partial charge in [0.1, 0.15) is 22.3 Å². The van der Waals surface area contributed by atoms with E-state index in [0.29, 0.717) is 15.5 Å². The van der Waals surface area contributed by atoms with E-state index >= 15 is 0 Å². The van der Waals surface area contributed by atoms with E-state index in [4.69, 9.17) is 68.7 Å². The molecule has 12 aromatic carbocycles. The van der Waals surface area contributed by atoms with Crippen LogP contribution in [-0.2, 0) is 9.31 Å². The van der Waals surface area contributed by atoms with Crippen LogP contribution in [0.4, 0.5) is 0 Å². The Morgan fingerprint density at radius 1 is 0.407 bits per heavy atom. The topological polar surface area (TPSA) is 98.3 Å². The minimum atomic E-state index is -1.39. The summed E-state index contributed by atoms with van der Waals surface area (Å²) in [5.74, 6) is 23.5. The van der Waals surface area contributed by atoms with Gasteiger partial charge in [-0.05, 0) is 189 Å². The van der Waals surface area contributed by atoms with Gasteiger partial charge in [-0.15, -0.1) is 52.8 Å². The number of para-hydroxylation sites is 3. The van der Waals surface area contributed by atoms with Crippen molar-refractivity contribution >= 4 is 225 Å². The molecule has 0 aliphatic carbocycles. The molecule has 1 aliphatic rings. The molecule has 0 amide bonds. The number of terminal acetylenes is 2. The van der Waals surface area contributed by atoms with Gasteiger partial charge >= 0.3 is 14.2 Å². The Morgan fingerprint density at radius 3 is 1.23 bits per heavy atom. The van der Waals surface area contributed by atoms with Crippen LogP contribution in [0.1, 0.15) is 42.0 Å². The fourth-order valence-electron chi connectivity index (χ4n) is 12.8. The number of fused-ring (bicyclic) bond motifs is 18. The lowest BCUT2D eigenvalue weighted by Gasteiger charge is -2.32. The zero-order valence-electron chi connectivity index (χ0n) is 58.3. The Kier molecular flexibility index (Phi) is 22.7. The van der Waals surface area contributed by atoms with Crippen LogP contribution >= 0.6 is 73.1 Å². The van der Waals surface area contributed by atoms with Gasteiger partial charge in [-0.3, -0.25) is 5.92 Å². The van der Waals surface area contributed by atoms with Gasteiger partial charge in [0.05, 0.1) is 21.2 Å². The zero-order valence-corrected chi connectivity index (χ0v) is 63.9. The van der Waals surface area contributed by atoms with Crippen molar-refractivity contribution in [2.24, 2.45) is 0 Å². The van der Waals surface area contributed by atoms with Crippen LogP contribution < -0.4 is 10.9 Å². The molecule has 524 valence electrons. The second-order valence-corrected chi connectivity index (χ2v) is 30.7. The summed E-state index contributed by atoms with van der Waals surface area (Å²) in [6, 6.07) is 81.1. The lowest BCUT2D eigenvalue weighted by atomic mass is 9.78. The summed E-state index contributed by atoms with van der Waals surface area (Å²) < 4.78 is 39.5. The fourth-order valence-corrected chi connectivity index (χ4v) is 17.0. The van der Waals surface area contributed by atoms with E-state index in [2.05, 4.69) is 261 Å². The SMILES string of the molecule is C.C#CC#CC#CC.C#CC#CC#C[CH2-].CC1(C)OB(c2cccc3c2oc2cc(-c4ccc5c(c4)sc4ccccc45)ccc23)OC1(C)C.Clc1cccc2c1oc1cc(-c3ccc4c(c3)sc3ccccc34)ccc12.Clc1cccc2c1oc1cc(Br)ccc12.OB(O)c1ccc2c(c1)sc1ccccc12. The average molecular weight is 1560 g/mol. The van der Waals surface area contributed by atoms with Crippen molar-refractivity contribution in [1.82, 2.24) is 0 Å². The zero-order chi connectivity index (χ0) is 74.5. The first-order valence-electron chi connectivity index (χ1n) is 33.8. The Hall–Kier alpha value is -11.0. The maximum absolute atomic E-state index is 9.12. The molecule has 0 unspecified atom stereocenters. The van der Waals surface area contributed by atoms with Gasteiger partial charge in [0, 0.05) is 103 Å². The van der Waals surface area contributed by atoms with Crippen molar-refractivity contribution < 1.29 is 32.6 Å². The Morgan fingerprint density at radius 2 is 0.778 bits per heavy atom. The van der Waals surface area contributed by atoms with Crippen molar-refractivity contribution in [3.05, 3.63) is 258 Å². The van der Waals surface area contributed by atoms with E-state index in [-0.39, 0.29) is 7.43 Å². The van der Waals surface area contributed by atoms with Crippen LogP contribution in [0.25, 0.3) is 149 Å². The summed E-state index contributed by atoms with van der Waals surface area (Å²) in [5, 5.41) is 33.7. The standard InChI is InChI=1S/C30H25BO3S.C24H13ClOS.C12H9BO2S.C12H6BrClO.C7H4.C7H3.CH4/c1-29(2)30(3,4)34-31(33-29)24-10-7-9-23-20-14-12-18(16-25(20)32-28(23)24)19-13-15-22-21-8-5-6-11-26(21)35-27(22)17-19;25-20-6-3-5-19-16-10-8-14(12-21(16)26-24(19)20)15-9-11-18-17-4-1-2-7-22(17)27-23(18)13-15;14-13(15)8-5-6-10-9-3-1-2-4-11(9)16-12(10)7-8;13-7-4-5-8-9-2-1-3-10(14)12(9)15-11(8)6-7;2*1-3-5-7-6-4-2;/h5-17H,1-4H3;1-13H;1-7,14-15H;1-6H;1H,2H3;1H,2H2;1H4/q;;;;;-1;. The molecule has 15 heteroatoms. The molecule has 0 bridgehead atoms. The molecule has 0 spiro atoms. The van der Waals surface area contributed by atoms with E-state index in [1.54, 1.807) is 24.3 Å². The Bertz CT molecular complexity index is 6810. The van der Waals surface area contributed by atoms with Gasteiger partial charge in [-0.1, -0.05) is 198 Å². The molecule has 0 saturated carbocycles. The highest BCUT2D eigenvalue weighted by Crippen LogP contribution is 2.43. The predicted octanol–water partition coefficient (Wildman–Crippen LogP) is 24.7. The molecular formula is C93H64B2BrCl2O7S3-. The second-order valence-electron chi connectivity index (χ2n) is 25.7. The van der Waals surface area contributed by atoms with E-state index < -0.39 is 25.4 Å². The van der Waals surface area contributed by atoms with Crippen LogP contribution in [0.5, 0.6) is 0 Å². The second kappa shape index (κ2) is 32.6. The maximum atomic E-state index is 9.12. The van der Waals surface area contributed by atoms with Gasteiger partial charge < -0.3 is 32.6 Å². The van der Waals surface area contributed by atoms with Gasteiger partial charge in [-0.2, -0.15) is 6.92 Å². The summed E-state index contributed by atoms with van der Waals surface area (Å²) in [5.41, 5.74) is 10.3. The molecule has 19 rings (SSSR count). The smallest absolute Gasteiger partial charge is 0.456 e. The Labute approximate surface area is 657 Å². The third kappa shape index (κ3) is 15.4. The first-order chi connectivity index (χ1) is 51.9. The lowest BCUT2D eigenvalue weighted by Crippen LogP contribution is -2.41. The van der Waals surface area contributed by atoms with Gasteiger partial charge in [0.25, 0.3) is 0 Å². The molecule has 0 radical (unpaired) electrons. The molecule has 1 aliphatic heterocycles. The molecule has 0 atom stereocenters. The number of hydrogen-bond acceptors (Lipinski definition) is 10. The van der Waals surface area contributed by atoms with Crippen LogP contribution in [-0.4, -0.2) is 35.5 Å². The third-order valence-electron chi connectivity index (χ3n) is 18.6. The quantitative estimate of drug-likeness (QED) is 0.103. The third-order valence-corrected chi connectivity index (χ3v) is 23.1. The van der Waals surface area contributed by atoms with E-state index in [1.165, 1.54) is 66.9 Å². The van der Waals surface area contributed by atoms with Gasteiger partial charge in [0.2, 0.25) is 0 Å². The monoisotopic (exact) mass is 1560 g/mol. The van der Waals surface area contributed by atoms with Crippen molar-refractivity contribution in [2.75, 3.05) is 0 Å². The van der Waals surface area contributed by atoms with Crippen molar-refractivity contribution in [3.8, 4) is 94.3 Å². The minimum absolute atomic E-state index is 0. The molecule has 1 fully saturated rings. The van der Waals surface area contributed by atoms with Crippen LogP contribution in [0.2, 0.25) is 10.0 Å². The summed E-state index contributed by atoms with van der Waals surface area (Å²) in [6.07, 6.45) is 9.54. The first-order valence-corrected chi connectivity index (χ1v) is 37.8. The van der Waals surface area contributed by atoms with Gasteiger partial charge in [0.15, 0.2) is 11.2 Å². The predicted molar refractivity (Wildman–Crippen MR) is 467 cm³/mol. The number of rotatable bonds is 4. The largest absolute Gasteiger partial charge is 0.498 e. The van der Waals surface area contributed by atoms with Crippen LogP contribution in [0.15, 0.2) is 254 Å².